The van der Waals surface area contributed by atoms with Crippen molar-refractivity contribution < 1.29 is 13.4 Å². The zero-order chi connectivity index (χ0) is 25.1. The fourth-order valence-corrected chi connectivity index (χ4v) is 6.05. The lowest BCUT2D eigenvalue weighted by Crippen LogP contribution is -2.69. The Balaban J connectivity index is 1.38. The Bertz CT molecular complexity index is 1340. The lowest BCUT2D eigenvalue weighted by molar-refractivity contribution is -0.126. The van der Waals surface area contributed by atoms with Crippen LogP contribution in [-0.2, 0) is 22.2 Å². The van der Waals surface area contributed by atoms with E-state index >= 15 is 0 Å². The number of hydrogen-bond donors (Lipinski definition) is 1. The van der Waals surface area contributed by atoms with Crippen molar-refractivity contribution in [3.8, 4) is 11.1 Å². The summed E-state index contributed by atoms with van der Waals surface area (Å²) in [5.74, 6) is -0.844. The first-order valence-corrected chi connectivity index (χ1v) is 13.1. The topological polar surface area (TPSA) is 66.6 Å². The summed E-state index contributed by atoms with van der Waals surface area (Å²) in [4.78, 5) is 17.6. The van der Waals surface area contributed by atoms with Gasteiger partial charge in [0.15, 0.2) is 0 Å². The Morgan fingerprint density at radius 1 is 1.14 bits per heavy atom. The van der Waals surface area contributed by atoms with Crippen molar-refractivity contribution in [3.63, 3.8) is 0 Å². The molecule has 5 rings (SSSR count). The fourth-order valence-electron chi connectivity index (χ4n) is 5.33. The van der Waals surface area contributed by atoms with Crippen LogP contribution in [0.2, 0.25) is 5.02 Å². The number of anilines is 2. The number of amides is 1. The van der Waals surface area contributed by atoms with Crippen LogP contribution >= 0.6 is 11.6 Å². The van der Waals surface area contributed by atoms with Crippen LogP contribution in [0.25, 0.3) is 11.1 Å². The minimum Gasteiger partial charge on any atom is -0.365 e. The van der Waals surface area contributed by atoms with Gasteiger partial charge in [-0.1, -0.05) is 41.9 Å². The quantitative estimate of drug-likeness (QED) is 0.515. The van der Waals surface area contributed by atoms with Crippen molar-refractivity contribution >= 4 is 39.9 Å². The first-order valence-electron chi connectivity index (χ1n) is 11.5. The largest absolute Gasteiger partial charge is 0.365 e. The van der Waals surface area contributed by atoms with Gasteiger partial charge in [-0.15, -0.1) is 0 Å². The molecule has 1 saturated heterocycles. The van der Waals surface area contributed by atoms with Gasteiger partial charge in [-0.2, -0.15) is 0 Å². The number of fused-ring (bicyclic) bond motifs is 1. The van der Waals surface area contributed by atoms with Crippen LogP contribution in [0.1, 0.15) is 26.3 Å². The van der Waals surface area contributed by atoms with E-state index in [4.69, 9.17) is 16.7 Å². The average molecular weight is 512 g/mol. The van der Waals surface area contributed by atoms with Gasteiger partial charge in [0.25, 0.3) is 0 Å². The van der Waals surface area contributed by atoms with Gasteiger partial charge in [0.05, 0.1) is 10.8 Å². The molecule has 0 aromatic heterocycles. The van der Waals surface area contributed by atoms with E-state index in [0.717, 1.165) is 22.4 Å². The molecule has 0 spiro atoms. The van der Waals surface area contributed by atoms with Crippen molar-refractivity contribution in [2.45, 2.75) is 43.7 Å². The molecule has 0 radical (unpaired) electrons. The number of rotatable bonds is 4. The SMILES string of the molecule is CC1Cc2cc(F)c(S(N)=O)cc2N1C(=O)[C@H]1CN(c2ccc(-c3ccccc3Cl)cc2)C1(C)C. The minimum absolute atomic E-state index is 0.00875. The highest BCUT2D eigenvalue weighted by atomic mass is 35.5. The molecule has 3 aromatic rings. The first-order chi connectivity index (χ1) is 16.6. The van der Waals surface area contributed by atoms with E-state index in [-0.39, 0.29) is 22.8 Å². The smallest absolute Gasteiger partial charge is 0.234 e. The number of nitrogens with zero attached hydrogens (tertiary/aromatic N) is 2. The zero-order valence-corrected chi connectivity index (χ0v) is 21.4. The van der Waals surface area contributed by atoms with E-state index in [1.807, 2.05) is 43.3 Å². The molecule has 182 valence electrons. The number of carbonyl (C=O) groups is 1. The molecule has 3 aromatic carbocycles. The monoisotopic (exact) mass is 511 g/mol. The third kappa shape index (κ3) is 3.96. The number of hydrogen-bond acceptors (Lipinski definition) is 3. The van der Waals surface area contributed by atoms with E-state index < -0.39 is 22.3 Å². The van der Waals surface area contributed by atoms with Crippen LogP contribution < -0.4 is 14.9 Å². The van der Waals surface area contributed by atoms with Gasteiger partial charge >= 0.3 is 0 Å². The Kier molecular flexibility index (Phi) is 5.98. The van der Waals surface area contributed by atoms with E-state index in [1.165, 1.54) is 12.1 Å². The number of benzene rings is 3. The van der Waals surface area contributed by atoms with Gasteiger partial charge in [0, 0.05) is 40.1 Å². The van der Waals surface area contributed by atoms with Gasteiger partial charge in [-0.3, -0.25) is 4.79 Å². The highest BCUT2D eigenvalue weighted by Crippen LogP contribution is 2.44. The van der Waals surface area contributed by atoms with Gasteiger partial charge in [-0.25, -0.2) is 13.7 Å². The summed E-state index contributed by atoms with van der Waals surface area (Å²) in [6.07, 6.45) is 0.551. The summed E-state index contributed by atoms with van der Waals surface area (Å²) in [5, 5.41) is 6.16. The van der Waals surface area contributed by atoms with Crippen LogP contribution in [0, 0.1) is 11.7 Å². The summed E-state index contributed by atoms with van der Waals surface area (Å²) in [6, 6.07) is 18.7. The van der Waals surface area contributed by atoms with Gasteiger partial charge in [0.2, 0.25) is 5.91 Å². The lowest BCUT2D eigenvalue weighted by Gasteiger charge is -2.56. The second-order valence-corrected chi connectivity index (χ2v) is 11.3. The Morgan fingerprint density at radius 3 is 2.46 bits per heavy atom. The van der Waals surface area contributed by atoms with Crippen molar-refractivity contribution in [2.24, 2.45) is 11.1 Å². The van der Waals surface area contributed by atoms with Gasteiger partial charge < -0.3 is 9.80 Å². The lowest BCUT2D eigenvalue weighted by atomic mass is 9.75. The molecule has 2 unspecified atom stereocenters. The molecule has 0 aliphatic carbocycles. The maximum Gasteiger partial charge on any atom is 0.234 e. The van der Waals surface area contributed by atoms with E-state index in [2.05, 4.69) is 30.9 Å². The van der Waals surface area contributed by atoms with Crippen LogP contribution in [-0.4, -0.2) is 28.2 Å². The maximum absolute atomic E-state index is 14.3. The molecule has 35 heavy (non-hydrogen) atoms. The molecule has 1 fully saturated rings. The first kappa shape index (κ1) is 24.0. The van der Waals surface area contributed by atoms with E-state index in [9.17, 15) is 13.4 Å². The number of carbonyl (C=O) groups excluding carboxylic acids is 1. The average Bonchev–Trinajstić information content (AvgIpc) is 3.13. The van der Waals surface area contributed by atoms with Crippen LogP contribution in [0.5, 0.6) is 0 Å². The number of nitrogens with two attached hydrogens (primary N) is 1. The normalized spacial score (nSPS) is 21.4. The Labute approximate surface area is 212 Å². The summed E-state index contributed by atoms with van der Waals surface area (Å²) < 4.78 is 26.1. The van der Waals surface area contributed by atoms with E-state index in [1.54, 1.807) is 4.90 Å². The fraction of sp³-hybridized carbons (Fsp3) is 0.296. The molecule has 2 aliphatic rings. The maximum atomic E-state index is 14.3. The molecule has 8 heteroatoms. The highest BCUT2D eigenvalue weighted by molar-refractivity contribution is 7.82. The van der Waals surface area contributed by atoms with E-state index in [0.29, 0.717) is 23.7 Å². The van der Waals surface area contributed by atoms with Crippen LogP contribution in [0.4, 0.5) is 15.8 Å². The summed E-state index contributed by atoms with van der Waals surface area (Å²) in [7, 11) is -1.96. The highest BCUT2D eigenvalue weighted by Gasteiger charge is 2.53. The summed E-state index contributed by atoms with van der Waals surface area (Å²) in [5.41, 5.74) is 3.98. The zero-order valence-electron chi connectivity index (χ0n) is 19.8. The molecule has 2 heterocycles. The molecule has 2 N–H and O–H groups in total. The summed E-state index contributed by atoms with van der Waals surface area (Å²) >= 11 is 6.35. The second-order valence-electron chi connectivity index (χ2n) is 9.81. The number of halogens is 2. The molecule has 1 amide bonds. The van der Waals surface area contributed by atoms with Crippen molar-refractivity contribution in [2.75, 3.05) is 16.3 Å². The second kappa shape index (κ2) is 8.73. The molecule has 0 saturated carbocycles. The van der Waals surface area contributed by atoms with Crippen LogP contribution in [0.15, 0.2) is 65.6 Å². The predicted molar refractivity (Wildman–Crippen MR) is 139 cm³/mol. The Hall–Kier alpha value is -2.74. The van der Waals surface area contributed by atoms with Crippen molar-refractivity contribution in [1.82, 2.24) is 0 Å². The standard InChI is InChI=1S/C27H27ClFN3O2S/c1-16-12-18-13-23(29)25(35(30)34)14-24(18)32(16)26(33)21-15-31(27(21,2)3)19-10-8-17(9-11-19)20-6-4-5-7-22(20)28/h4-11,13-14,16,21H,12,15,30H2,1-3H3/t16?,21-,35?/m1/s1. The van der Waals surface area contributed by atoms with Crippen molar-refractivity contribution in [1.29, 1.82) is 0 Å². The van der Waals surface area contributed by atoms with Gasteiger partial charge in [0.1, 0.15) is 16.8 Å². The third-order valence-corrected chi connectivity index (χ3v) is 8.45. The molecule has 5 nitrogen and oxygen atoms in total. The Morgan fingerprint density at radius 2 is 1.83 bits per heavy atom. The van der Waals surface area contributed by atoms with Crippen LogP contribution in [0.3, 0.4) is 0 Å². The molecule has 3 atom stereocenters. The van der Waals surface area contributed by atoms with Crippen molar-refractivity contribution in [3.05, 3.63) is 77.1 Å². The predicted octanol–water partition coefficient (Wildman–Crippen LogP) is 5.32. The molecular weight excluding hydrogens is 485 g/mol. The molecular formula is C27H27ClFN3O2S. The molecule has 0 bridgehead atoms. The van der Waals surface area contributed by atoms with Gasteiger partial charge in [-0.05, 0) is 68.7 Å². The summed E-state index contributed by atoms with van der Waals surface area (Å²) in [6.45, 7) is 6.65. The third-order valence-electron chi connectivity index (χ3n) is 7.38. The minimum atomic E-state index is -1.96. The molecule has 2 aliphatic heterocycles.